The average Bonchev–Trinajstić information content (AvgIpc) is 3.51. The van der Waals surface area contributed by atoms with Crippen molar-refractivity contribution in [3.8, 4) is 22.8 Å². The van der Waals surface area contributed by atoms with Crippen LogP contribution in [0.4, 0.5) is 23.7 Å². The predicted molar refractivity (Wildman–Crippen MR) is 172 cm³/mol. The molecule has 1 saturated heterocycles. The van der Waals surface area contributed by atoms with E-state index in [0.29, 0.717) is 24.0 Å². The van der Waals surface area contributed by atoms with Crippen LogP contribution >= 0.6 is 11.8 Å². The SMILES string of the molecule is CC(CNC(=O)N=C1SCCCN1c1ccccc1C(C)C)Cc1ccc(-c2ncn(-c3ccc(OC(F)(F)F)cc3)n2)cc1. The maximum atomic E-state index is 12.8. The van der Waals surface area contributed by atoms with Crippen LogP contribution in [0, 0.1) is 5.92 Å². The molecular weight excluding hydrogens is 601 g/mol. The largest absolute Gasteiger partial charge is 0.573 e. The van der Waals surface area contributed by atoms with Gasteiger partial charge in [-0.1, -0.05) is 75.0 Å². The number of hydrogen-bond acceptors (Lipinski definition) is 5. The van der Waals surface area contributed by atoms with Crippen molar-refractivity contribution < 1.29 is 22.7 Å². The number of carbonyl (C=O) groups excluding carboxylic acids is 1. The topological polar surface area (TPSA) is 84.6 Å². The van der Waals surface area contributed by atoms with Gasteiger partial charge >= 0.3 is 12.4 Å². The number of para-hydroxylation sites is 1. The standard InChI is InChI=1S/C33H35F3N6O2S/c1-22(2)28-7-4-5-8-29(28)41-17-6-18-45-32(41)39-31(43)37-20-23(3)19-24-9-11-25(12-10-24)30-38-21-42(40-30)26-13-15-27(16-14-26)44-33(34,35)36/h4-5,7-16,21-23H,6,17-20H2,1-3H3,(H,37,43). The van der Waals surface area contributed by atoms with Crippen molar-refractivity contribution in [1.82, 2.24) is 20.1 Å². The van der Waals surface area contributed by atoms with Crippen molar-refractivity contribution in [3.05, 3.63) is 90.3 Å². The first kappa shape index (κ1) is 32.1. The fourth-order valence-electron chi connectivity index (χ4n) is 5.07. The molecule has 3 aromatic carbocycles. The first-order valence-corrected chi connectivity index (χ1v) is 15.8. The van der Waals surface area contributed by atoms with Crippen LogP contribution < -0.4 is 15.0 Å². The number of anilines is 1. The molecule has 1 aromatic heterocycles. The molecule has 2 heterocycles. The molecule has 1 aliphatic rings. The minimum absolute atomic E-state index is 0.179. The van der Waals surface area contributed by atoms with Crippen LogP contribution in [-0.2, 0) is 6.42 Å². The summed E-state index contributed by atoms with van der Waals surface area (Å²) in [6.45, 7) is 7.74. The fourth-order valence-corrected chi connectivity index (χ4v) is 6.02. The molecule has 0 aliphatic carbocycles. The van der Waals surface area contributed by atoms with Crippen LogP contribution in [0.1, 0.15) is 44.2 Å². The molecule has 4 aromatic rings. The third kappa shape index (κ3) is 8.65. The van der Waals surface area contributed by atoms with Crippen molar-refractivity contribution in [2.24, 2.45) is 10.9 Å². The smallest absolute Gasteiger partial charge is 0.406 e. The Morgan fingerprint density at radius 2 is 1.78 bits per heavy atom. The Bertz CT molecular complexity index is 1620. The summed E-state index contributed by atoms with van der Waals surface area (Å²) in [7, 11) is 0. The highest BCUT2D eigenvalue weighted by Gasteiger charge is 2.31. The molecule has 1 aliphatic heterocycles. The number of thioether (sulfide) groups is 1. The number of amides is 2. The predicted octanol–water partition coefficient (Wildman–Crippen LogP) is 7.84. The Hall–Kier alpha value is -4.32. The molecule has 1 fully saturated rings. The highest BCUT2D eigenvalue weighted by atomic mass is 32.2. The van der Waals surface area contributed by atoms with E-state index in [4.69, 9.17) is 0 Å². The molecule has 236 valence electrons. The normalized spacial score (nSPS) is 15.4. The van der Waals surface area contributed by atoms with E-state index in [-0.39, 0.29) is 17.7 Å². The molecule has 0 radical (unpaired) electrons. The van der Waals surface area contributed by atoms with Gasteiger partial charge in [0.2, 0.25) is 0 Å². The molecule has 1 atom stereocenters. The van der Waals surface area contributed by atoms with Crippen LogP contribution in [-0.4, -0.2) is 51.2 Å². The van der Waals surface area contributed by atoms with Crippen LogP contribution in [0.2, 0.25) is 0 Å². The molecule has 8 nitrogen and oxygen atoms in total. The number of rotatable bonds is 9. The van der Waals surface area contributed by atoms with Gasteiger partial charge in [-0.2, -0.15) is 4.99 Å². The molecule has 1 N–H and O–H groups in total. The summed E-state index contributed by atoms with van der Waals surface area (Å²) in [4.78, 5) is 23.8. The van der Waals surface area contributed by atoms with Crippen LogP contribution in [0.3, 0.4) is 0 Å². The summed E-state index contributed by atoms with van der Waals surface area (Å²) in [5, 5.41) is 8.17. The lowest BCUT2D eigenvalue weighted by molar-refractivity contribution is -0.274. The summed E-state index contributed by atoms with van der Waals surface area (Å²) >= 11 is 1.61. The summed E-state index contributed by atoms with van der Waals surface area (Å²) in [6.07, 6.45) is -1.45. The second kappa shape index (κ2) is 14.2. The lowest BCUT2D eigenvalue weighted by Gasteiger charge is -2.31. The van der Waals surface area contributed by atoms with Gasteiger partial charge in [0.15, 0.2) is 11.0 Å². The summed E-state index contributed by atoms with van der Waals surface area (Å²) in [5.74, 6) is 1.66. The quantitative estimate of drug-likeness (QED) is 0.202. The fraction of sp³-hybridized carbons (Fsp3) is 0.333. The summed E-state index contributed by atoms with van der Waals surface area (Å²) < 4.78 is 42.7. The Morgan fingerprint density at radius 3 is 2.49 bits per heavy atom. The number of urea groups is 1. The van der Waals surface area contributed by atoms with E-state index >= 15 is 0 Å². The molecular formula is C33H35F3N6O2S. The number of nitrogens with one attached hydrogen (secondary N) is 1. The molecule has 0 saturated carbocycles. The minimum Gasteiger partial charge on any atom is -0.406 e. The van der Waals surface area contributed by atoms with Gasteiger partial charge in [0.05, 0.1) is 5.69 Å². The van der Waals surface area contributed by atoms with Crippen molar-refractivity contribution in [3.63, 3.8) is 0 Å². The number of ether oxygens (including phenoxy) is 1. The van der Waals surface area contributed by atoms with E-state index < -0.39 is 6.36 Å². The maximum absolute atomic E-state index is 12.8. The van der Waals surface area contributed by atoms with Gasteiger partial charge in [0.25, 0.3) is 0 Å². The van der Waals surface area contributed by atoms with Crippen LogP contribution in [0.15, 0.2) is 84.1 Å². The summed E-state index contributed by atoms with van der Waals surface area (Å²) in [6, 6.07) is 21.2. The average molecular weight is 637 g/mol. The zero-order chi connectivity index (χ0) is 32.0. The highest BCUT2D eigenvalue weighted by Crippen LogP contribution is 2.32. The monoisotopic (exact) mass is 636 g/mol. The molecule has 0 bridgehead atoms. The van der Waals surface area contributed by atoms with E-state index in [9.17, 15) is 18.0 Å². The number of amidine groups is 1. The van der Waals surface area contributed by atoms with E-state index in [1.807, 2.05) is 36.4 Å². The molecule has 0 spiro atoms. The third-order valence-corrected chi connectivity index (χ3v) is 8.32. The lowest BCUT2D eigenvalue weighted by Crippen LogP contribution is -2.37. The first-order chi connectivity index (χ1) is 21.6. The number of aromatic nitrogens is 3. The van der Waals surface area contributed by atoms with Gasteiger partial charge in [0.1, 0.15) is 12.1 Å². The lowest BCUT2D eigenvalue weighted by atomic mass is 10.00. The van der Waals surface area contributed by atoms with Crippen molar-refractivity contribution >= 4 is 28.6 Å². The second-order valence-electron chi connectivity index (χ2n) is 11.2. The van der Waals surface area contributed by atoms with Gasteiger partial charge in [-0.05, 0) is 66.1 Å². The van der Waals surface area contributed by atoms with Gasteiger partial charge in [-0.15, -0.1) is 18.3 Å². The number of nitrogens with zero attached hydrogens (tertiary/aromatic N) is 5. The van der Waals surface area contributed by atoms with Crippen molar-refractivity contribution in [1.29, 1.82) is 0 Å². The Morgan fingerprint density at radius 1 is 1.04 bits per heavy atom. The molecule has 2 amide bonds. The number of halogens is 3. The Kier molecular flexibility index (Phi) is 10.1. The summed E-state index contributed by atoms with van der Waals surface area (Å²) in [5.41, 5.74) is 4.81. The zero-order valence-electron chi connectivity index (χ0n) is 25.3. The molecule has 5 rings (SSSR count). The van der Waals surface area contributed by atoms with Crippen LogP contribution in [0.5, 0.6) is 5.75 Å². The molecule has 12 heteroatoms. The Balaban J connectivity index is 1.15. The third-order valence-electron chi connectivity index (χ3n) is 7.26. The second-order valence-corrected chi connectivity index (χ2v) is 12.3. The van der Waals surface area contributed by atoms with Crippen LogP contribution in [0.25, 0.3) is 17.1 Å². The van der Waals surface area contributed by atoms with Gasteiger partial charge < -0.3 is 15.0 Å². The molecule has 45 heavy (non-hydrogen) atoms. The van der Waals surface area contributed by atoms with Crippen molar-refractivity contribution in [2.75, 3.05) is 23.7 Å². The number of alkyl halides is 3. The first-order valence-electron chi connectivity index (χ1n) is 14.8. The van der Waals surface area contributed by atoms with Gasteiger partial charge in [0, 0.05) is 30.1 Å². The van der Waals surface area contributed by atoms with Gasteiger partial charge in [-0.3, -0.25) is 0 Å². The number of carbonyl (C=O) groups is 1. The molecule has 1 unspecified atom stereocenters. The van der Waals surface area contributed by atoms with E-state index in [1.165, 1.54) is 40.8 Å². The maximum Gasteiger partial charge on any atom is 0.573 e. The van der Waals surface area contributed by atoms with E-state index in [2.05, 4.69) is 62.9 Å². The number of aliphatic imine (C=N–C) groups is 1. The minimum atomic E-state index is -4.74. The number of hydrogen-bond donors (Lipinski definition) is 1. The van der Waals surface area contributed by atoms with E-state index in [1.54, 1.807) is 11.8 Å². The van der Waals surface area contributed by atoms with Crippen molar-refractivity contribution in [2.45, 2.75) is 45.9 Å². The highest BCUT2D eigenvalue weighted by molar-refractivity contribution is 8.14. The number of benzene rings is 3. The van der Waals surface area contributed by atoms with Gasteiger partial charge in [-0.25, -0.2) is 14.5 Å². The zero-order valence-corrected chi connectivity index (χ0v) is 26.1. The Labute approximate surface area is 264 Å². The van der Waals surface area contributed by atoms with E-state index in [0.717, 1.165) is 47.1 Å².